The molecule has 4 rings (SSSR count). The molecule has 162 valence electrons. The van der Waals surface area contributed by atoms with E-state index in [-0.39, 0.29) is 40.9 Å². The van der Waals surface area contributed by atoms with Crippen molar-refractivity contribution in [2.75, 3.05) is 0 Å². The molecule has 0 spiro atoms. The first-order valence-electron chi connectivity index (χ1n) is 11.1. The Kier molecular flexibility index (Phi) is 4.94. The van der Waals surface area contributed by atoms with Crippen LogP contribution in [0, 0.1) is 40.4 Å². The second-order valence-corrected chi connectivity index (χ2v) is 10.5. The van der Waals surface area contributed by atoms with Crippen molar-refractivity contribution in [2.45, 2.75) is 77.9 Å². The largest absolute Gasteiger partial charge is 0.391 e. The molecule has 1 heterocycles. The van der Waals surface area contributed by atoms with Crippen LogP contribution in [-0.4, -0.2) is 23.9 Å². The maximum Gasteiger partial charge on any atom is 0.391 e. The predicted molar refractivity (Wildman–Crippen MR) is 104 cm³/mol. The van der Waals surface area contributed by atoms with Crippen molar-refractivity contribution in [1.29, 1.82) is 0 Å². The van der Waals surface area contributed by atoms with Gasteiger partial charge in [0.1, 0.15) is 5.78 Å². The summed E-state index contributed by atoms with van der Waals surface area (Å²) in [5.41, 5.74) is -0.251. The summed E-state index contributed by atoms with van der Waals surface area (Å²) in [5, 5.41) is 3.14. The summed E-state index contributed by atoms with van der Waals surface area (Å²) in [6, 6.07) is 0.164. The lowest BCUT2D eigenvalue weighted by atomic mass is 9.47. The number of hydrogen-bond donors (Lipinski definition) is 1. The minimum absolute atomic E-state index is 0.0168. The van der Waals surface area contributed by atoms with E-state index < -0.39 is 12.1 Å². The molecule has 0 saturated heterocycles. The third kappa shape index (κ3) is 3.25. The van der Waals surface area contributed by atoms with Gasteiger partial charge in [-0.3, -0.25) is 9.59 Å². The predicted octanol–water partition coefficient (Wildman–Crippen LogP) is 5.06. The minimum Gasteiger partial charge on any atom is -0.349 e. The zero-order chi connectivity index (χ0) is 21.2. The molecule has 0 bridgehead atoms. The van der Waals surface area contributed by atoms with Gasteiger partial charge in [0.05, 0.1) is 5.92 Å². The van der Waals surface area contributed by atoms with Crippen LogP contribution in [0.4, 0.5) is 13.2 Å². The Morgan fingerprint density at radius 1 is 1.17 bits per heavy atom. The number of nitrogens with one attached hydrogen (secondary N) is 1. The lowest BCUT2D eigenvalue weighted by molar-refractivity contribution is -0.175. The molecule has 6 heteroatoms. The van der Waals surface area contributed by atoms with Gasteiger partial charge in [0.2, 0.25) is 5.91 Å². The molecule has 0 aromatic heterocycles. The Labute approximate surface area is 170 Å². The monoisotopic (exact) mass is 411 g/mol. The van der Waals surface area contributed by atoms with Crippen molar-refractivity contribution in [3.63, 3.8) is 0 Å². The molecule has 3 fully saturated rings. The molecule has 29 heavy (non-hydrogen) atoms. The van der Waals surface area contributed by atoms with Gasteiger partial charge in [-0.05, 0) is 67.8 Å². The highest BCUT2D eigenvalue weighted by Crippen LogP contribution is 2.65. The van der Waals surface area contributed by atoms with Gasteiger partial charge in [-0.1, -0.05) is 26.8 Å². The molecule has 0 aromatic rings. The van der Waals surface area contributed by atoms with Gasteiger partial charge in [-0.15, -0.1) is 0 Å². The molecule has 4 aliphatic rings. The first-order valence-corrected chi connectivity index (χ1v) is 11.1. The van der Waals surface area contributed by atoms with Gasteiger partial charge >= 0.3 is 6.18 Å². The zero-order valence-electron chi connectivity index (χ0n) is 17.5. The third-order valence-corrected chi connectivity index (χ3v) is 9.14. The van der Waals surface area contributed by atoms with Crippen LogP contribution in [-0.2, 0) is 9.59 Å². The molecular weight excluding hydrogens is 379 g/mol. The molecule has 3 nitrogen and oxygen atoms in total. The van der Waals surface area contributed by atoms with Crippen LogP contribution < -0.4 is 5.32 Å². The number of fused-ring (bicyclic) bond motifs is 5. The Morgan fingerprint density at radius 2 is 1.90 bits per heavy atom. The average molecular weight is 412 g/mol. The van der Waals surface area contributed by atoms with Gasteiger partial charge in [0.15, 0.2) is 0 Å². The summed E-state index contributed by atoms with van der Waals surface area (Å²) >= 11 is 0. The number of hydrogen-bond acceptors (Lipinski definition) is 2. The van der Waals surface area contributed by atoms with E-state index in [0.29, 0.717) is 17.8 Å². The fourth-order valence-corrected chi connectivity index (χ4v) is 7.42. The Balaban J connectivity index is 1.54. The number of rotatable bonds is 3. The Bertz CT molecular complexity index is 732. The lowest BCUT2D eigenvalue weighted by Gasteiger charge is -2.58. The molecular formula is C23H32F3NO2. The molecule has 1 N–H and O–H groups in total. The molecule has 1 amide bonds. The summed E-state index contributed by atoms with van der Waals surface area (Å²) in [5.74, 6) is -0.698. The number of carbonyl (C=O) groups excluding carboxylic acids is 2. The van der Waals surface area contributed by atoms with E-state index in [2.05, 4.69) is 25.2 Å². The highest BCUT2D eigenvalue weighted by atomic mass is 19.4. The lowest BCUT2D eigenvalue weighted by Crippen LogP contribution is -2.59. The molecule has 2 unspecified atom stereocenters. The van der Waals surface area contributed by atoms with Crippen molar-refractivity contribution in [1.82, 2.24) is 5.32 Å². The van der Waals surface area contributed by atoms with Gasteiger partial charge in [-0.25, -0.2) is 0 Å². The van der Waals surface area contributed by atoms with E-state index in [1.807, 2.05) is 0 Å². The normalized spacial score (nSPS) is 45.0. The van der Waals surface area contributed by atoms with Crippen LogP contribution in [0.2, 0.25) is 0 Å². The average Bonchev–Trinajstić information content (AvgIpc) is 2.98. The summed E-state index contributed by atoms with van der Waals surface area (Å²) in [6.07, 6.45) is 4.54. The van der Waals surface area contributed by atoms with Gasteiger partial charge in [0.25, 0.3) is 0 Å². The van der Waals surface area contributed by atoms with E-state index in [9.17, 15) is 22.8 Å². The summed E-state index contributed by atoms with van der Waals surface area (Å²) in [6.45, 7) is 5.53. The van der Waals surface area contributed by atoms with E-state index in [1.54, 1.807) is 6.08 Å². The summed E-state index contributed by atoms with van der Waals surface area (Å²) in [4.78, 5) is 24.7. The molecule has 1 aliphatic heterocycles. The van der Waals surface area contributed by atoms with E-state index in [4.69, 9.17) is 0 Å². The van der Waals surface area contributed by atoms with Crippen molar-refractivity contribution >= 4 is 11.7 Å². The first kappa shape index (κ1) is 20.9. The Morgan fingerprint density at radius 3 is 2.59 bits per heavy atom. The maximum absolute atomic E-state index is 13.0. The SMILES string of the molecule is CC(CC(=O)[C@H]1CC[C@H]2[C@@H]3CCC4NC(=O)C=C[C@]4(C)[C@H]3CC[C@]12C)C(F)(F)F. The topological polar surface area (TPSA) is 46.2 Å². The number of carbonyl (C=O) groups is 2. The number of ketones is 1. The number of alkyl halides is 3. The van der Waals surface area contributed by atoms with Crippen molar-refractivity contribution < 1.29 is 22.8 Å². The molecule has 0 radical (unpaired) electrons. The van der Waals surface area contributed by atoms with Gasteiger partial charge in [0, 0.05) is 23.8 Å². The van der Waals surface area contributed by atoms with Gasteiger partial charge in [-0.2, -0.15) is 13.2 Å². The maximum atomic E-state index is 13.0. The molecule has 8 atom stereocenters. The van der Waals surface area contributed by atoms with Crippen LogP contribution in [0.15, 0.2) is 12.2 Å². The van der Waals surface area contributed by atoms with E-state index in [0.717, 1.165) is 45.4 Å². The fourth-order valence-electron chi connectivity index (χ4n) is 7.42. The first-order chi connectivity index (χ1) is 13.5. The van der Waals surface area contributed by atoms with E-state index >= 15 is 0 Å². The number of Topliss-reactive ketones (excluding diaryl/α,β-unsaturated/α-hetero) is 1. The van der Waals surface area contributed by atoms with Crippen molar-refractivity contribution in [2.24, 2.45) is 40.4 Å². The second-order valence-electron chi connectivity index (χ2n) is 10.5. The molecule has 3 aliphatic carbocycles. The number of halogens is 3. The van der Waals surface area contributed by atoms with E-state index in [1.165, 1.54) is 0 Å². The van der Waals surface area contributed by atoms with Crippen LogP contribution in [0.25, 0.3) is 0 Å². The van der Waals surface area contributed by atoms with Crippen molar-refractivity contribution in [3.8, 4) is 0 Å². The fraction of sp³-hybridized carbons (Fsp3) is 0.826. The number of amides is 1. The highest BCUT2D eigenvalue weighted by molar-refractivity contribution is 5.89. The smallest absolute Gasteiger partial charge is 0.349 e. The Hall–Kier alpha value is -1.33. The zero-order valence-corrected chi connectivity index (χ0v) is 17.5. The van der Waals surface area contributed by atoms with Crippen molar-refractivity contribution in [3.05, 3.63) is 12.2 Å². The highest BCUT2D eigenvalue weighted by Gasteiger charge is 2.60. The van der Waals surface area contributed by atoms with Crippen LogP contribution in [0.1, 0.15) is 65.7 Å². The molecule has 3 saturated carbocycles. The summed E-state index contributed by atoms with van der Waals surface area (Å²) in [7, 11) is 0. The van der Waals surface area contributed by atoms with Crippen LogP contribution in [0.3, 0.4) is 0 Å². The van der Waals surface area contributed by atoms with Crippen LogP contribution >= 0.6 is 0 Å². The van der Waals surface area contributed by atoms with Gasteiger partial charge < -0.3 is 5.32 Å². The minimum atomic E-state index is -4.31. The third-order valence-electron chi connectivity index (χ3n) is 9.14. The van der Waals surface area contributed by atoms with Crippen LogP contribution in [0.5, 0.6) is 0 Å². The quantitative estimate of drug-likeness (QED) is 0.706. The second kappa shape index (κ2) is 6.84. The summed E-state index contributed by atoms with van der Waals surface area (Å²) < 4.78 is 39.0. The molecule has 0 aromatic carbocycles. The standard InChI is InChI=1S/C23H32F3NO2/c1-13(23(24,25)26)12-18(28)17-6-5-15-14-4-7-19-22(3,11-9-20(29)27-19)16(14)8-10-21(15,17)2/h9,11,13-17,19H,4-8,10,12H2,1-3H3,(H,27,29)/t13?,14-,15-,16-,17+,19?,21-,22+/m0/s1.